The molecule has 11 heteroatoms. The lowest BCUT2D eigenvalue weighted by atomic mass is 10.0. The Labute approximate surface area is 235 Å². The van der Waals surface area contributed by atoms with Crippen LogP contribution >= 0.6 is 11.3 Å². The van der Waals surface area contributed by atoms with Crippen molar-refractivity contribution in [3.8, 4) is 17.0 Å². The van der Waals surface area contributed by atoms with E-state index in [0.29, 0.717) is 60.5 Å². The van der Waals surface area contributed by atoms with Crippen LogP contribution in [0.5, 0.6) is 5.75 Å². The third-order valence-electron chi connectivity index (χ3n) is 7.89. The van der Waals surface area contributed by atoms with Crippen molar-refractivity contribution < 1.29 is 23.4 Å². The van der Waals surface area contributed by atoms with Crippen LogP contribution in [0.4, 0.5) is 8.78 Å². The van der Waals surface area contributed by atoms with E-state index in [4.69, 9.17) is 9.72 Å². The number of halogens is 2. The number of aromatic nitrogens is 2. The number of nitrogens with zero attached hydrogens (tertiary/aromatic N) is 3. The van der Waals surface area contributed by atoms with Crippen LogP contribution in [0.1, 0.15) is 47.6 Å². The molecule has 2 aliphatic rings. The van der Waals surface area contributed by atoms with Gasteiger partial charge in [-0.2, -0.15) is 0 Å². The van der Waals surface area contributed by atoms with E-state index in [2.05, 4.69) is 15.5 Å². The molecule has 0 aliphatic carbocycles. The van der Waals surface area contributed by atoms with Crippen LogP contribution < -0.4 is 15.4 Å². The Balaban J connectivity index is 1.17. The van der Waals surface area contributed by atoms with Crippen molar-refractivity contribution in [2.45, 2.75) is 44.0 Å². The molecule has 4 aromatic rings. The third-order valence-corrected chi connectivity index (χ3v) is 8.91. The van der Waals surface area contributed by atoms with Crippen LogP contribution in [0.15, 0.2) is 36.5 Å². The second kappa shape index (κ2) is 11.4. The van der Waals surface area contributed by atoms with Gasteiger partial charge < -0.3 is 25.4 Å². The summed E-state index contributed by atoms with van der Waals surface area (Å²) >= 11 is 1.45. The van der Waals surface area contributed by atoms with E-state index in [1.165, 1.54) is 24.5 Å². The van der Waals surface area contributed by atoms with Crippen LogP contribution in [-0.4, -0.2) is 77.4 Å². The van der Waals surface area contributed by atoms with Gasteiger partial charge in [-0.05, 0) is 44.4 Å². The third kappa shape index (κ3) is 5.43. The van der Waals surface area contributed by atoms with Crippen LogP contribution in [-0.2, 0) is 0 Å². The lowest BCUT2D eigenvalue weighted by Gasteiger charge is -2.28. The van der Waals surface area contributed by atoms with Gasteiger partial charge in [-0.1, -0.05) is 23.5 Å². The maximum absolute atomic E-state index is 15.0. The Bertz CT molecular complexity index is 1530. The fourth-order valence-corrected chi connectivity index (χ4v) is 6.69. The number of carbonyl (C=O) groups is 1. The molecule has 2 fully saturated rings. The molecular formula is C29H33F2N5O3S. The lowest BCUT2D eigenvalue weighted by Crippen LogP contribution is -2.36. The second-order valence-corrected chi connectivity index (χ2v) is 11.6. The number of rotatable bonds is 8. The molecule has 8 nitrogen and oxygen atoms in total. The number of hydrogen-bond acceptors (Lipinski definition) is 7. The predicted molar refractivity (Wildman–Crippen MR) is 151 cm³/mol. The number of thiazole rings is 1. The SMILES string of the molecule is COc1cc2c(cc1C(=O)NCCCN1CCC(F)CC1)sc1nc(-c3ccc([C@H]4C[C@H](O)CN4)c(F)c3)cn12. The maximum atomic E-state index is 15.0. The van der Waals surface area contributed by atoms with Crippen LogP contribution in [0.3, 0.4) is 0 Å². The summed E-state index contributed by atoms with van der Waals surface area (Å²) in [6, 6.07) is 8.56. The fourth-order valence-electron chi connectivity index (χ4n) is 5.66. The normalized spacial score (nSPS) is 20.5. The van der Waals surface area contributed by atoms with Crippen LogP contribution in [0, 0.1) is 5.82 Å². The minimum absolute atomic E-state index is 0.197. The number of nitrogens with one attached hydrogen (secondary N) is 2. The molecule has 2 atom stereocenters. The molecule has 2 aliphatic heterocycles. The van der Waals surface area contributed by atoms with Crippen molar-refractivity contribution in [2.24, 2.45) is 0 Å². The molecule has 40 heavy (non-hydrogen) atoms. The molecule has 2 aromatic heterocycles. The average molecular weight is 570 g/mol. The van der Waals surface area contributed by atoms with Gasteiger partial charge >= 0.3 is 0 Å². The van der Waals surface area contributed by atoms with Gasteiger partial charge in [-0.15, -0.1) is 0 Å². The van der Waals surface area contributed by atoms with Gasteiger partial charge in [0.15, 0.2) is 4.96 Å². The summed E-state index contributed by atoms with van der Waals surface area (Å²) in [4.78, 5) is 20.7. The maximum Gasteiger partial charge on any atom is 0.255 e. The van der Waals surface area contributed by atoms with Crippen molar-refractivity contribution in [2.75, 3.05) is 39.8 Å². The smallest absolute Gasteiger partial charge is 0.255 e. The van der Waals surface area contributed by atoms with Crippen molar-refractivity contribution >= 4 is 32.4 Å². The summed E-state index contributed by atoms with van der Waals surface area (Å²) in [7, 11) is 1.54. The van der Waals surface area contributed by atoms with Gasteiger partial charge in [0.05, 0.1) is 34.7 Å². The Morgan fingerprint density at radius 3 is 2.83 bits per heavy atom. The number of fused-ring (bicyclic) bond motifs is 3. The molecule has 0 unspecified atom stereocenters. The number of β-amino-alcohol motifs (C(OH)–C–C–N with tert-alkyl or cyclic N) is 1. The van der Waals surface area contributed by atoms with Gasteiger partial charge in [0.25, 0.3) is 5.91 Å². The highest BCUT2D eigenvalue weighted by Gasteiger charge is 2.26. The lowest BCUT2D eigenvalue weighted by molar-refractivity contribution is 0.0947. The Morgan fingerprint density at radius 1 is 1.27 bits per heavy atom. The Morgan fingerprint density at radius 2 is 2.10 bits per heavy atom. The highest BCUT2D eigenvalue weighted by molar-refractivity contribution is 7.23. The summed E-state index contributed by atoms with van der Waals surface area (Å²) in [5.74, 6) is -0.0636. The van der Waals surface area contributed by atoms with E-state index in [1.54, 1.807) is 6.07 Å². The minimum Gasteiger partial charge on any atom is -0.496 e. The highest BCUT2D eigenvalue weighted by Crippen LogP contribution is 2.35. The molecule has 1 amide bonds. The number of carbonyl (C=O) groups excluding carboxylic acids is 1. The first-order valence-electron chi connectivity index (χ1n) is 13.7. The van der Waals surface area contributed by atoms with Crippen LogP contribution in [0.2, 0.25) is 0 Å². The molecule has 0 bridgehead atoms. The molecule has 0 radical (unpaired) electrons. The summed E-state index contributed by atoms with van der Waals surface area (Å²) in [6.45, 7) is 3.36. The van der Waals surface area contributed by atoms with E-state index in [1.807, 2.05) is 28.8 Å². The van der Waals surface area contributed by atoms with Crippen molar-refractivity contribution in [1.29, 1.82) is 0 Å². The minimum atomic E-state index is -0.685. The molecule has 212 valence electrons. The molecule has 0 spiro atoms. The molecule has 6 rings (SSSR count). The number of aliphatic hydroxyl groups excluding tert-OH is 1. The van der Waals surface area contributed by atoms with E-state index >= 15 is 0 Å². The number of imidazole rings is 1. The first kappa shape index (κ1) is 27.1. The fraction of sp³-hybridized carbons (Fsp3) is 0.448. The molecule has 4 heterocycles. The van der Waals surface area contributed by atoms with Gasteiger partial charge in [0.1, 0.15) is 17.7 Å². The number of benzene rings is 2. The molecule has 2 saturated heterocycles. The molecular weight excluding hydrogens is 536 g/mol. The number of likely N-dealkylation sites (tertiary alicyclic amines) is 1. The van der Waals surface area contributed by atoms with Crippen molar-refractivity contribution in [3.63, 3.8) is 0 Å². The molecule has 2 aromatic carbocycles. The highest BCUT2D eigenvalue weighted by atomic mass is 32.1. The topological polar surface area (TPSA) is 91.1 Å². The Hall–Kier alpha value is -3.12. The summed E-state index contributed by atoms with van der Waals surface area (Å²) < 4.78 is 36.7. The first-order chi connectivity index (χ1) is 19.4. The summed E-state index contributed by atoms with van der Waals surface area (Å²) in [5, 5.41) is 15.9. The zero-order chi connectivity index (χ0) is 27.8. The van der Waals surface area contributed by atoms with Crippen LogP contribution in [0.25, 0.3) is 26.4 Å². The monoisotopic (exact) mass is 569 g/mol. The standard InChI is InChI=1S/C29H33F2N5O3S/c1-39-26-14-25-27(13-21(26)28(38)32-7-2-8-35-9-5-18(30)6-10-35)40-29-34-24(16-36(25)29)17-3-4-20(22(31)11-17)23-12-19(37)15-33-23/h3-4,11,13-14,16,18-19,23,33,37H,2,5-10,12,15H2,1H3,(H,32,38)/t19-,23+/m0/s1. The number of methoxy groups -OCH3 is 1. The quantitative estimate of drug-likeness (QED) is 0.274. The van der Waals surface area contributed by atoms with Gasteiger partial charge in [0, 0.05) is 55.6 Å². The first-order valence-corrected chi connectivity index (χ1v) is 14.6. The van der Waals surface area contributed by atoms with Crippen molar-refractivity contribution in [3.05, 3.63) is 53.5 Å². The van der Waals surface area contributed by atoms with E-state index in [-0.39, 0.29) is 17.8 Å². The van der Waals surface area contributed by atoms with Gasteiger partial charge in [-0.3, -0.25) is 9.20 Å². The second-order valence-electron chi connectivity index (χ2n) is 10.6. The predicted octanol–water partition coefficient (Wildman–Crippen LogP) is 4.31. The number of hydrogen-bond donors (Lipinski definition) is 3. The number of alkyl halides is 1. The van der Waals surface area contributed by atoms with Gasteiger partial charge in [0.2, 0.25) is 0 Å². The summed E-state index contributed by atoms with van der Waals surface area (Å²) in [5.41, 5.74) is 3.17. The Kier molecular flexibility index (Phi) is 7.71. The van der Waals surface area contributed by atoms with E-state index in [0.717, 1.165) is 41.2 Å². The van der Waals surface area contributed by atoms with E-state index < -0.39 is 12.3 Å². The van der Waals surface area contributed by atoms with Gasteiger partial charge in [-0.25, -0.2) is 13.8 Å². The molecule has 0 saturated carbocycles. The van der Waals surface area contributed by atoms with E-state index in [9.17, 15) is 18.7 Å². The average Bonchev–Trinajstić information content (AvgIpc) is 3.65. The zero-order valence-corrected chi connectivity index (χ0v) is 23.1. The number of aliphatic hydroxyl groups is 1. The zero-order valence-electron chi connectivity index (χ0n) is 22.3. The number of amides is 1. The number of piperidine rings is 1. The van der Waals surface area contributed by atoms with Crippen molar-refractivity contribution in [1.82, 2.24) is 24.9 Å². The molecule has 3 N–H and O–H groups in total. The number of ether oxygens (including phenoxy) is 1. The largest absolute Gasteiger partial charge is 0.496 e. The summed E-state index contributed by atoms with van der Waals surface area (Å²) in [6.07, 6.45) is 3.18.